The Morgan fingerprint density at radius 3 is 3.06 bits per heavy atom. The van der Waals surface area contributed by atoms with E-state index in [1.54, 1.807) is 0 Å². The van der Waals surface area contributed by atoms with Gasteiger partial charge < -0.3 is 11.1 Å². The molecule has 17 heavy (non-hydrogen) atoms. The summed E-state index contributed by atoms with van der Waals surface area (Å²) in [5.41, 5.74) is 6.76. The zero-order chi connectivity index (χ0) is 12.1. The topological polar surface area (TPSA) is 96.7 Å². The van der Waals surface area contributed by atoms with E-state index in [1.807, 2.05) is 0 Å². The second kappa shape index (κ2) is 5.47. The van der Waals surface area contributed by atoms with Crippen LogP contribution in [0.5, 0.6) is 0 Å². The lowest BCUT2D eigenvalue weighted by molar-refractivity contribution is 0.0944. The third-order valence-corrected chi connectivity index (χ3v) is 2.83. The van der Waals surface area contributed by atoms with Gasteiger partial charge in [0.15, 0.2) is 0 Å². The molecule has 2 rings (SSSR count). The third kappa shape index (κ3) is 3.30. The SMILES string of the molecule is Nc1n[nH]c(C(=O)NCCC2=CCCCC2)n1. The van der Waals surface area contributed by atoms with Crippen molar-refractivity contribution in [1.29, 1.82) is 0 Å². The van der Waals surface area contributed by atoms with Crippen molar-refractivity contribution < 1.29 is 4.79 Å². The number of nitrogens with two attached hydrogens (primary N) is 1. The quantitative estimate of drug-likeness (QED) is 0.678. The normalized spacial score (nSPS) is 15.4. The van der Waals surface area contributed by atoms with Crippen LogP contribution >= 0.6 is 0 Å². The van der Waals surface area contributed by atoms with Gasteiger partial charge >= 0.3 is 0 Å². The molecule has 0 fully saturated rings. The highest BCUT2D eigenvalue weighted by molar-refractivity contribution is 5.90. The Morgan fingerprint density at radius 2 is 2.41 bits per heavy atom. The van der Waals surface area contributed by atoms with Gasteiger partial charge in [0.2, 0.25) is 11.8 Å². The molecule has 0 aliphatic heterocycles. The summed E-state index contributed by atoms with van der Waals surface area (Å²) in [4.78, 5) is 15.3. The van der Waals surface area contributed by atoms with Crippen LogP contribution < -0.4 is 11.1 Å². The van der Waals surface area contributed by atoms with Gasteiger partial charge in [-0.3, -0.25) is 9.89 Å². The lowest BCUT2D eigenvalue weighted by Crippen LogP contribution is -2.26. The van der Waals surface area contributed by atoms with Crippen LogP contribution in [0.4, 0.5) is 5.95 Å². The Labute approximate surface area is 99.7 Å². The first-order valence-corrected chi connectivity index (χ1v) is 5.89. The standard InChI is InChI=1S/C11H17N5O/c12-11-14-9(15-16-11)10(17)13-7-6-8-4-2-1-3-5-8/h4H,1-3,5-7H2,(H,13,17)(H3,12,14,15,16). The van der Waals surface area contributed by atoms with Gasteiger partial charge in [0.05, 0.1) is 0 Å². The van der Waals surface area contributed by atoms with Gasteiger partial charge in [-0.15, -0.1) is 5.10 Å². The number of rotatable bonds is 4. The second-order valence-corrected chi connectivity index (χ2v) is 4.16. The molecule has 0 atom stereocenters. The van der Waals surface area contributed by atoms with Crippen molar-refractivity contribution in [3.63, 3.8) is 0 Å². The molecule has 0 aromatic carbocycles. The molecule has 6 heteroatoms. The summed E-state index contributed by atoms with van der Waals surface area (Å²) in [5.74, 6) is -0.00382. The smallest absolute Gasteiger partial charge is 0.288 e. The summed E-state index contributed by atoms with van der Waals surface area (Å²) in [5, 5.41) is 8.88. The number of hydrogen-bond donors (Lipinski definition) is 3. The van der Waals surface area contributed by atoms with Crippen LogP contribution in [0.2, 0.25) is 0 Å². The Bertz CT molecular complexity index is 423. The molecule has 0 radical (unpaired) electrons. The largest absolute Gasteiger partial charge is 0.366 e. The van der Waals surface area contributed by atoms with Crippen molar-refractivity contribution in [2.45, 2.75) is 32.1 Å². The zero-order valence-corrected chi connectivity index (χ0v) is 9.70. The van der Waals surface area contributed by atoms with Crippen molar-refractivity contribution in [1.82, 2.24) is 20.5 Å². The predicted molar refractivity (Wildman–Crippen MR) is 64.3 cm³/mol. The van der Waals surface area contributed by atoms with E-state index < -0.39 is 0 Å². The molecule has 0 saturated carbocycles. The minimum atomic E-state index is -0.259. The van der Waals surface area contributed by atoms with Crippen LogP contribution in [0.3, 0.4) is 0 Å². The number of anilines is 1. The molecular weight excluding hydrogens is 218 g/mol. The highest BCUT2D eigenvalue weighted by atomic mass is 16.2. The van der Waals surface area contributed by atoms with Crippen molar-refractivity contribution in [2.75, 3.05) is 12.3 Å². The molecule has 6 nitrogen and oxygen atoms in total. The molecule has 1 amide bonds. The van der Waals surface area contributed by atoms with Crippen molar-refractivity contribution in [3.8, 4) is 0 Å². The summed E-state index contributed by atoms with van der Waals surface area (Å²) in [7, 11) is 0. The Kier molecular flexibility index (Phi) is 3.74. The molecule has 0 saturated heterocycles. The van der Waals surface area contributed by atoms with Gasteiger partial charge in [0.1, 0.15) is 0 Å². The number of nitrogens with one attached hydrogen (secondary N) is 2. The maximum absolute atomic E-state index is 11.6. The third-order valence-electron chi connectivity index (χ3n) is 2.83. The summed E-state index contributed by atoms with van der Waals surface area (Å²) in [6.07, 6.45) is 8.07. The average molecular weight is 235 g/mol. The molecule has 1 aromatic heterocycles. The highest BCUT2D eigenvalue weighted by Crippen LogP contribution is 2.19. The number of nitrogens with zero attached hydrogens (tertiary/aromatic N) is 2. The zero-order valence-electron chi connectivity index (χ0n) is 9.70. The monoisotopic (exact) mass is 235 g/mol. The number of hydrogen-bond acceptors (Lipinski definition) is 4. The highest BCUT2D eigenvalue weighted by Gasteiger charge is 2.10. The number of allylic oxidation sites excluding steroid dienone is 1. The van der Waals surface area contributed by atoms with E-state index in [-0.39, 0.29) is 17.7 Å². The fraction of sp³-hybridized carbons (Fsp3) is 0.545. The Hall–Kier alpha value is -1.85. The van der Waals surface area contributed by atoms with E-state index in [0.717, 1.165) is 12.8 Å². The van der Waals surface area contributed by atoms with E-state index in [0.29, 0.717) is 6.54 Å². The van der Waals surface area contributed by atoms with Gasteiger partial charge in [-0.05, 0) is 32.1 Å². The molecule has 4 N–H and O–H groups in total. The molecule has 0 spiro atoms. The lowest BCUT2D eigenvalue weighted by atomic mass is 9.97. The van der Waals surface area contributed by atoms with E-state index in [4.69, 9.17) is 5.73 Å². The molecule has 92 valence electrons. The predicted octanol–water partition coefficient (Wildman–Crippen LogP) is 1.01. The number of carbonyl (C=O) groups is 1. The first-order chi connectivity index (χ1) is 8.25. The fourth-order valence-electron chi connectivity index (χ4n) is 1.93. The summed E-state index contributed by atoms with van der Waals surface area (Å²) < 4.78 is 0. The number of nitrogen functional groups attached to an aromatic ring is 1. The molecule has 1 aromatic rings. The van der Waals surface area contributed by atoms with E-state index in [9.17, 15) is 4.79 Å². The molecule has 1 heterocycles. The number of amides is 1. The number of carbonyl (C=O) groups excluding carboxylic acids is 1. The second-order valence-electron chi connectivity index (χ2n) is 4.16. The molecule has 0 unspecified atom stereocenters. The summed E-state index contributed by atoms with van der Waals surface area (Å²) in [6.45, 7) is 0.630. The first kappa shape index (κ1) is 11.6. The van der Waals surface area contributed by atoms with E-state index in [2.05, 4.69) is 26.6 Å². The Balaban J connectivity index is 1.75. The van der Waals surface area contributed by atoms with Gasteiger partial charge in [-0.1, -0.05) is 11.6 Å². The van der Waals surface area contributed by atoms with Crippen LogP contribution in [0.1, 0.15) is 42.7 Å². The van der Waals surface area contributed by atoms with Gasteiger partial charge in [0.25, 0.3) is 5.91 Å². The maximum atomic E-state index is 11.6. The average Bonchev–Trinajstić information content (AvgIpc) is 2.77. The minimum Gasteiger partial charge on any atom is -0.366 e. The molecule has 0 bridgehead atoms. The van der Waals surface area contributed by atoms with E-state index in [1.165, 1.54) is 24.8 Å². The van der Waals surface area contributed by atoms with Crippen molar-refractivity contribution in [2.24, 2.45) is 0 Å². The summed E-state index contributed by atoms with van der Waals surface area (Å²) in [6, 6.07) is 0. The molecule has 1 aliphatic carbocycles. The summed E-state index contributed by atoms with van der Waals surface area (Å²) >= 11 is 0. The van der Waals surface area contributed by atoms with Crippen LogP contribution in [-0.2, 0) is 0 Å². The van der Waals surface area contributed by atoms with Crippen LogP contribution in [0.15, 0.2) is 11.6 Å². The van der Waals surface area contributed by atoms with Gasteiger partial charge in [0, 0.05) is 6.54 Å². The maximum Gasteiger partial charge on any atom is 0.288 e. The number of aromatic nitrogens is 3. The van der Waals surface area contributed by atoms with Gasteiger partial charge in [-0.2, -0.15) is 4.98 Å². The first-order valence-electron chi connectivity index (χ1n) is 5.89. The number of aromatic amines is 1. The molecular formula is C11H17N5O. The van der Waals surface area contributed by atoms with Crippen LogP contribution in [0, 0.1) is 0 Å². The number of H-pyrrole nitrogens is 1. The fourth-order valence-corrected chi connectivity index (χ4v) is 1.93. The van der Waals surface area contributed by atoms with Crippen molar-refractivity contribution in [3.05, 3.63) is 17.5 Å². The lowest BCUT2D eigenvalue weighted by Gasteiger charge is -2.12. The van der Waals surface area contributed by atoms with Crippen LogP contribution in [-0.4, -0.2) is 27.6 Å². The van der Waals surface area contributed by atoms with Crippen molar-refractivity contribution >= 4 is 11.9 Å². The van der Waals surface area contributed by atoms with Gasteiger partial charge in [-0.25, -0.2) is 0 Å². The Morgan fingerprint density at radius 1 is 1.53 bits per heavy atom. The molecule has 1 aliphatic rings. The minimum absolute atomic E-state index is 0.0881. The van der Waals surface area contributed by atoms with E-state index >= 15 is 0 Å². The van der Waals surface area contributed by atoms with Crippen LogP contribution in [0.25, 0.3) is 0 Å².